The molecule has 4 heteroatoms. The summed E-state index contributed by atoms with van der Waals surface area (Å²) in [5.74, 6) is 0. The molecule has 18 heavy (non-hydrogen) atoms. The maximum atomic E-state index is 11.7. The summed E-state index contributed by atoms with van der Waals surface area (Å²) in [5.41, 5.74) is 0.954. The van der Waals surface area contributed by atoms with Crippen LogP contribution in [0, 0.1) is 0 Å². The van der Waals surface area contributed by atoms with Crippen molar-refractivity contribution in [3.05, 3.63) is 24.3 Å². The van der Waals surface area contributed by atoms with Crippen molar-refractivity contribution < 1.29 is 9.53 Å². The molecule has 1 aliphatic heterocycles. The zero-order valence-electron chi connectivity index (χ0n) is 11.6. The number of anilines is 1. The van der Waals surface area contributed by atoms with Crippen LogP contribution in [0.15, 0.2) is 24.3 Å². The molecule has 0 aliphatic carbocycles. The van der Waals surface area contributed by atoms with Gasteiger partial charge in [-0.25, -0.2) is 0 Å². The fourth-order valence-electron chi connectivity index (χ4n) is 2.09. The molecule has 1 fully saturated rings. The van der Waals surface area contributed by atoms with Gasteiger partial charge in [0.1, 0.15) is 0 Å². The molecule has 0 saturated carbocycles. The topological polar surface area (TPSA) is 29.5 Å². The summed E-state index contributed by atoms with van der Waals surface area (Å²) in [5, 5.41) is 0. The Morgan fingerprint density at radius 3 is 2.33 bits per heavy atom. The van der Waals surface area contributed by atoms with Crippen LogP contribution in [-0.2, 0) is 4.74 Å². The van der Waals surface area contributed by atoms with Gasteiger partial charge in [0.2, 0.25) is 0 Å². The fraction of sp³-hybridized carbons (Fsp3) is 0.500. The molecule has 1 aromatic carbocycles. The second-order valence-electron chi connectivity index (χ2n) is 5.82. The first-order chi connectivity index (χ1) is 8.41. The number of ether oxygens (including phenoxy) is 1. The van der Waals surface area contributed by atoms with Gasteiger partial charge in [-0.2, -0.15) is 0 Å². The quantitative estimate of drug-likeness (QED) is 0.782. The number of rotatable bonds is 3. The van der Waals surface area contributed by atoms with E-state index in [0.717, 1.165) is 12.1 Å². The van der Waals surface area contributed by atoms with Crippen LogP contribution in [0.5, 0.6) is 0 Å². The van der Waals surface area contributed by atoms with Crippen LogP contribution in [0.4, 0.5) is 10.5 Å². The van der Waals surface area contributed by atoms with Gasteiger partial charge in [-0.3, -0.25) is 0 Å². The summed E-state index contributed by atoms with van der Waals surface area (Å²) in [6.45, 7) is 2.71. The molecule has 1 aromatic rings. The van der Waals surface area contributed by atoms with E-state index >= 15 is 0 Å². The van der Waals surface area contributed by atoms with E-state index in [0.29, 0.717) is 6.54 Å². The van der Waals surface area contributed by atoms with Crippen molar-refractivity contribution in [2.45, 2.75) is 34.3 Å². The van der Waals surface area contributed by atoms with Gasteiger partial charge in [0.05, 0.1) is 0 Å². The van der Waals surface area contributed by atoms with Gasteiger partial charge in [0.15, 0.2) is 0 Å². The van der Waals surface area contributed by atoms with E-state index in [9.17, 15) is 4.79 Å². The third-order valence-corrected chi connectivity index (χ3v) is 9.27. The maximum absolute atomic E-state index is 11.7. The van der Waals surface area contributed by atoms with E-state index in [2.05, 4.69) is 39.1 Å². The predicted molar refractivity (Wildman–Crippen MR) is 77.3 cm³/mol. The zero-order valence-corrected chi connectivity index (χ0v) is 14.4. The van der Waals surface area contributed by atoms with E-state index in [1.54, 1.807) is 4.90 Å². The van der Waals surface area contributed by atoms with E-state index < -0.39 is 18.4 Å². The molecule has 98 valence electrons. The SMILES string of the molecule is CCC1CN(c2cc[c]([Sn]([CH3])([CH3])[CH3])cc2)C(=O)O1. The van der Waals surface area contributed by atoms with Gasteiger partial charge in [-0.05, 0) is 0 Å². The summed E-state index contributed by atoms with van der Waals surface area (Å²) in [7, 11) is 0. The fourth-order valence-corrected chi connectivity index (χ4v) is 5.42. The molecule has 1 atom stereocenters. The minimum atomic E-state index is -1.99. The standard InChI is InChI=1S/C11H12NO2.3CH3.Sn/c1-2-10-8-12(11(13)14-10)9-6-4-3-5-7-9;;;;/h4-7,10H,2,8H2,1H3;3*1H3;. The molecule has 0 N–H and O–H groups in total. The normalized spacial score (nSPS) is 20.1. The average Bonchev–Trinajstić information content (AvgIpc) is 2.70. The predicted octanol–water partition coefficient (Wildman–Crippen LogP) is 2.97. The zero-order chi connectivity index (χ0) is 13.3. The number of hydrogen-bond acceptors (Lipinski definition) is 2. The first-order valence-electron chi connectivity index (χ1n) is 6.50. The minimum absolute atomic E-state index is 0.0407. The van der Waals surface area contributed by atoms with Crippen molar-refractivity contribution in [3.8, 4) is 0 Å². The molecule has 0 spiro atoms. The van der Waals surface area contributed by atoms with E-state index in [-0.39, 0.29) is 12.2 Å². The number of cyclic esters (lactones) is 1. The molecular formula is C14H21NO2Sn. The molecule has 3 nitrogen and oxygen atoms in total. The Hall–Kier alpha value is -0.711. The molecule has 0 aromatic heterocycles. The summed E-state index contributed by atoms with van der Waals surface area (Å²) in [6.07, 6.45) is 0.700. The summed E-state index contributed by atoms with van der Waals surface area (Å²) in [4.78, 5) is 20.6. The van der Waals surface area contributed by atoms with Crippen LogP contribution in [0.1, 0.15) is 13.3 Å². The Labute approximate surface area is 113 Å². The number of hydrogen-bond donors (Lipinski definition) is 0. The molecular weight excluding hydrogens is 333 g/mol. The Morgan fingerprint density at radius 1 is 1.28 bits per heavy atom. The average molecular weight is 354 g/mol. The van der Waals surface area contributed by atoms with Crippen LogP contribution in [0.3, 0.4) is 0 Å². The third kappa shape index (κ3) is 2.82. The molecule has 0 bridgehead atoms. The second-order valence-corrected chi connectivity index (χ2v) is 20.3. The monoisotopic (exact) mass is 355 g/mol. The van der Waals surface area contributed by atoms with Crippen molar-refractivity contribution in [1.82, 2.24) is 0 Å². The van der Waals surface area contributed by atoms with Gasteiger partial charge in [0, 0.05) is 0 Å². The number of amides is 1. The Kier molecular flexibility index (Phi) is 3.90. The van der Waals surface area contributed by atoms with Gasteiger partial charge in [0.25, 0.3) is 0 Å². The summed E-state index contributed by atoms with van der Waals surface area (Å²) < 4.78 is 6.75. The van der Waals surface area contributed by atoms with Crippen LogP contribution in [-0.4, -0.2) is 37.1 Å². The van der Waals surface area contributed by atoms with E-state index in [4.69, 9.17) is 4.74 Å². The van der Waals surface area contributed by atoms with Crippen LogP contribution in [0.2, 0.25) is 14.8 Å². The number of carbonyl (C=O) groups is 1. The van der Waals surface area contributed by atoms with Gasteiger partial charge in [-0.1, -0.05) is 0 Å². The first-order valence-corrected chi connectivity index (χ1v) is 16.5. The molecule has 1 saturated heterocycles. The number of benzene rings is 1. The summed E-state index contributed by atoms with van der Waals surface area (Å²) >= 11 is -1.99. The van der Waals surface area contributed by atoms with E-state index in [1.807, 2.05) is 6.92 Å². The Bertz CT molecular complexity index is 436. The Balaban J connectivity index is 2.18. The Morgan fingerprint density at radius 2 is 1.89 bits per heavy atom. The van der Waals surface area contributed by atoms with Crippen molar-refractivity contribution >= 4 is 33.7 Å². The van der Waals surface area contributed by atoms with E-state index in [1.165, 1.54) is 3.58 Å². The van der Waals surface area contributed by atoms with Crippen molar-refractivity contribution in [1.29, 1.82) is 0 Å². The summed E-state index contributed by atoms with van der Waals surface area (Å²) in [6, 6.07) is 8.46. The first kappa shape index (κ1) is 13.7. The van der Waals surface area contributed by atoms with Gasteiger partial charge < -0.3 is 0 Å². The van der Waals surface area contributed by atoms with Gasteiger partial charge in [-0.15, -0.1) is 0 Å². The second kappa shape index (κ2) is 5.11. The van der Waals surface area contributed by atoms with Crippen molar-refractivity contribution in [2.75, 3.05) is 11.4 Å². The van der Waals surface area contributed by atoms with Crippen molar-refractivity contribution in [3.63, 3.8) is 0 Å². The number of nitrogens with zero attached hydrogens (tertiary/aromatic N) is 1. The van der Waals surface area contributed by atoms with Crippen molar-refractivity contribution in [2.24, 2.45) is 0 Å². The molecule has 1 amide bonds. The molecule has 1 aliphatic rings. The molecule has 1 heterocycles. The third-order valence-electron chi connectivity index (χ3n) is 3.37. The van der Waals surface area contributed by atoms with Crippen LogP contribution in [0.25, 0.3) is 0 Å². The molecule has 0 radical (unpaired) electrons. The molecule has 1 unspecified atom stereocenters. The van der Waals surface area contributed by atoms with Gasteiger partial charge >= 0.3 is 113 Å². The number of carbonyl (C=O) groups excluding carboxylic acids is 1. The van der Waals surface area contributed by atoms with Crippen LogP contribution < -0.4 is 8.48 Å². The molecule has 2 rings (SSSR count). The van der Waals surface area contributed by atoms with Crippen LogP contribution >= 0.6 is 0 Å².